The number of hydrogen-bond donors (Lipinski definition) is 1. The van der Waals surface area contributed by atoms with Crippen molar-refractivity contribution in [3.63, 3.8) is 0 Å². The van der Waals surface area contributed by atoms with Gasteiger partial charge in [0.2, 0.25) is 15.9 Å². The lowest BCUT2D eigenvalue weighted by Gasteiger charge is -2.15. The van der Waals surface area contributed by atoms with E-state index in [4.69, 9.17) is 4.42 Å². The van der Waals surface area contributed by atoms with Gasteiger partial charge in [0.1, 0.15) is 0 Å². The van der Waals surface area contributed by atoms with E-state index in [9.17, 15) is 18.0 Å². The van der Waals surface area contributed by atoms with Crippen LogP contribution in [0.15, 0.2) is 50.5 Å². The van der Waals surface area contributed by atoms with E-state index in [0.717, 1.165) is 29.7 Å². The molecule has 0 saturated carbocycles. The van der Waals surface area contributed by atoms with Gasteiger partial charge in [0.05, 0.1) is 10.4 Å². The molecule has 0 aliphatic carbocycles. The van der Waals surface area contributed by atoms with Gasteiger partial charge in [-0.05, 0) is 50.5 Å². The Kier molecular flexibility index (Phi) is 5.72. The van der Waals surface area contributed by atoms with Crippen LogP contribution in [0.25, 0.3) is 11.1 Å². The zero-order valence-corrected chi connectivity index (χ0v) is 18.4. The third-order valence-electron chi connectivity index (χ3n) is 5.56. The molecule has 0 radical (unpaired) electrons. The fraction of sp³-hybridized carbons (Fsp3) is 0.364. The van der Waals surface area contributed by atoms with Gasteiger partial charge in [0.25, 0.3) is 0 Å². The molecule has 4 rings (SSSR count). The number of benzene rings is 2. The van der Waals surface area contributed by atoms with Crippen LogP contribution in [0.3, 0.4) is 0 Å². The second-order valence-electron chi connectivity index (χ2n) is 7.88. The lowest BCUT2D eigenvalue weighted by atomic mass is 10.1. The molecule has 0 unspecified atom stereocenters. The number of carbonyl (C=O) groups excluding carboxylic acids is 1. The van der Waals surface area contributed by atoms with Crippen molar-refractivity contribution in [3.05, 3.63) is 58.1 Å². The molecule has 1 fully saturated rings. The van der Waals surface area contributed by atoms with E-state index < -0.39 is 15.8 Å². The maximum Gasteiger partial charge on any atom is 0.419 e. The number of nitrogens with one attached hydrogen (secondary N) is 1. The van der Waals surface area contributed by atoms with Crippen molar-refractivity contribution < 1.29 is 17.6 Å². The molecule has 2 aromatic carbocycles. The maximum atomic E-state index is 12.8. The number of rotatable bonds is 6. The first kappa shape index (κ1) is 21.3. The van der Waals surface area contributed by atoms with Crippen LogP contribution < -0.4 is 11.1 Å². The SMILES string of the molecule is Cc1ccc(NC(=O)CCn2c(=O)oc3cc(S(=O)(=O)N4CCCC4)ccc32)c(C)c1. The summed E-state index contributed by atoms with van der Waals surface area (Å²) < 4.78 is 33.6. The summed E-state index contributed by atoms with van der Waals surface area (Å²) in [7, 11) is -3.60. The van der Waals surface area contributed by atoms with E-state index in [0.29, 0.717) is 18.6 Å². The Morgan fingerprint density at radius 1 is 1.10 bits per heavy atom. The predicted octanol–water partition coefficient (Wildman–Crippen LogP) is 3.02. The molecule has 31 heavy (non-hydrogen) atoms. The van der Waals surface area contributed by atoms with Crippen LogP contribution in [0.1, 0.15) is 30.4 Å². The Labute approximate surface area is 180 Å². The van der Waals surface area contributed by atoms with E-state index in [1.807, 2.05) is 32.0 Å². The Hall–Kier alpha value is -2.91. The van der Waals surface area contributed by atoms with Gasteiger partial charge in [-0.3, -0.25) is 9.36 Å². The second-order valence-corrected chi connectivity index (χ2v) is 9.81. The van der Waals surface area contributed by atoms with Gasteiger partial charge in [-0.25, -0.2) is 13.2 Å². The van der Waals surface area contributed by atoms with E-state index in [1.165, 1.54) is 21.0 Å². The summed E-state index contributed by atoms with van der Waals surface area (Å²) in [6.07, 6.45) is 1.77. The molecule has 164 valence electrons. The Morgan fingerprint density at radius 2 is 1.84 bits per heavy atom. The third-order valence-corrected chi connectivity index (χ3v) is 7.46. The van der Waals surface area contributed by atoms with Gasteiger partial charge >= 0.3 is 5.76 Å². The first-order chi connectivity index (χ1) is 14.8. The zero-order valence-electron chi connectivity index (χ0n) is 17.6. The average Bonchev–Trinajstić information content (AvgIpc) is 3.36. The summed E-state index contributed by atoms with van der Waals surface area (Å²) in [5, 5.41) is 2.86. The van der Waals surface area contributed by atoms with Crippen LogP contribution in [-0.2, 0) is 21.4 Å². The number of fused-ring (bicyclic) bond motifs is 1. The van der Waals surface area contributed by atoms with Crippen molar-refractivity contribution in [2.45, 2.75) is 44.6 Å². The van der Waals surface area contributed by atoms with Crippen molar-refractivity contribution in [1.82, 2.24) is 8.87 Å². The van der Waals surface area contributed by atoms with Crippen LogP contribution in [0, 0.1) is 13.8 Å². The number of amides is 1. The number of anilines is 1. The lowest BCUT2D eigenvalue weighted by Crippen LogP contribution is -2.27. The van der Waals surface area contributed by atoms with E-state index >= 15 is 0 Å². The molecule has 0 spiro atoms. The number of sulfonamides is 1. The Morgan fingerprint density at radius 3 is 2.55 bits per heavy atom. The minimum absolute atomic E-state index is 0.0791. The molecular weight excluding hydrogens is 418 g/mol. The summed E-state index contributed by atoms with van der Waals surface area (Å²) in [6.45, 7) is 5.03. The molecule has 1 N–H and O–H groups in total. The fourth-order valence-corrected chi connectivity index (χ4v) is 5.41. The average molecular weight is 444 g/mol. The summed E-state index contributed by atoms with van der Waals surface area (Å²) in [6, 6.07) is 10.2. The molecule has 2 heterocycles. The molecule has 0 bridgehead atoms. The second kappa shape index (κ2) is 8.32. The topological polar surface area (TPSA) is 102 Å². The van der Waals surface area contributed by atoms with Crippen LogP contribution >= 0.6 is 0 Å². The summed E-state index contributed by atoms with van der Waals surface area (Å²) >= 11 is 0. The van der Waals surface area contributed by atoms with Crippen LogP contribution in [0.5, 0.6) is 0 Å². The number of oxazole rings is 1. The predicted molar refractivity (Wildman–Crippen MR) is 118 cm³/mol. The monoisotopic (exact) mass is 443 g/mol. The number of aryl methyl sites for hydroxylation is 3. The minimum atomic E-state index is -3.60. The molecule has 1 aliphatic rings. The largest absolute Gasteiger partial charge is 0.419 e. The normalized spacial score (nSPS) is 14.9. The molecular formula is C22H25N3O5S. The molecule has 3 aromatic rings. The number of nitrogens with zero attached hydrogens (tertiary/aromatic N) is 2. The smallest absolute Gasteiger partial charge is 0.408 e. The quantitative estimate of drug-likeness (QED) is 0.631. The fourth-order valence-electron chi connectivity index (χ4n) is 3.88. The van der Waals surface area contributed by atoms with Crippen molar-refractivity contribution in [2.75, 3.05) is 18.4 Å². The van der Waals surface area contributed by atoms with Crippen LogP contribution in [0.2, 0.25) is 0 Å². The Bertz CT molecular complexity index is 1300. The molecule has 1 saturated heterocycles. The highest BCUT2D eigenvalue weighted by atomic mass is 32.2. The summed E-state index contributed by atoms with van der Waals surface area (Å²) in [4.78, 5) is 24.8. The Balaban J connectivity index is 1.51. The van der Waals surface area contributed by atoms with Gasteiger partial charge in [0, 0.05) is 37.8 Å². The maximum absolute atomic E-state index is 12.8. The molecule has 1 aromatic heterocycles. The van der Waals surface area contributed by atoms with Crippen molar-refractivity contribution in [3.8, 4) is 0 Å². The number of hydrogen-bond acceptors (Lipinski definition) is 5. The van der Waals surface area contributed by atoms with Crippen molar-refractivity contribution >= 4 is 32.7 Å². The molecule has 8 nitrogen and oxygen atoms in total. The highest BCUT2D eigenvalue weighted by molar-refractivity contribution is 7.89. The molecule has 0 atom stereocenters. The van der Waals surface area contributed by atoms with Gasteiger partial charge < -0.3 is 9.73 Å². The highest BCUT2D eigenvalue weighted by Crippen LogP contribution is 2.24. The molecule has 1 amide bonds. The van der Waals surface area contributed by atoms with Crippen molar-refractivity contribution in [1.29, 1.82) is 0 Å². The standard InChI is InChI=1S/C22H25N3O5S/c1-15-5-7-18(16(2)13-15)23-21(26)9-12-25-19-8-6-17(14-20(19)30-22(25)27)31(28,29)24-10-3-4-11-24/h5-8,13-14H,3-4,9-12H2,1-2H3,(H,23,26). The van der Waals surface area contributed by atoms with Gasteiger partial charge in [-0.2, -0.15) is 4.31 Å². The summed E-state index contributed by atoms with van der Waals surface area (Å²) in [5.74, 6) is -0.841. The summed E-state index contributed by atoms with van der Waals surface area (Å²) in [5.41, 5.74) is 3.46. The zero-order chi connectivity index (χ0) is 22.2. The first-order valence-electron chi connectivity index (χ1n) is 10.3. The van der Waals surface area contributed by atoms with Gasteiger partial charge in [0.15, 0.2) is 5.58 Å². The molecule has 9 heteroatoms. The van der Waals surface area contributed by atoms with E-state index in [1.54, 1.807) is 6.07 Å². The van der Waals surface area contributed by atoms with Gasteiger partial charge in [-0.1, -0.05) is 17.7 Å². The first-order valence-corrected chi connectivity index (χ1v) is 11.7. The minimum Gasteiger partial charge on any atom is -0.408 e. The van der Waals surface area contributed by atoms with Crippen LogP contribution in [-0.4, -0.2) is 36.3 Å². The highest BCUT2D eigenvalue weighted by Gasteiger charge is 2.28. The third kappa shape index (κ3) is 4.28. The number of carbonyl (C=O) groups is 1. The molecule has 1 aliphatic heterocycles. The number of aromatic nitrogens is 1. The lowest BCUT2D eigenvalue weighted by molar-refractivity contribution is -0.116. The van der Waals surface area contributed by atoms with Crippen LogP contribution in [0.4, 0.5) is 5.69 Å². The van der Waals surface area contributed by atoms with E-state index in [2.05, 4.69) is 5.32 Å². The van der Waals surface area contributed by atoms with E-state index in [-0.39, 0.29) is 29.4 Å². The van der Waals surface area contributed by atoms with Crippen molar-refractivity contribution in [2.24, 2.45) is 0 Å². The van der Waals surface area contributed by atoms with Gasteiger partial charge in [-0.15, -0.1) is 0 Å².